The van der Waals surface area contributed by atoms with Gasteiger partial charge in [0.2, 0.25) is 0 Å². The van der Waals surface area contributed by atoms with Gasteiger partial charge in [0.1, 0.15) is 0 Å². The van der Waals surface area contributed by atoms with Crippen molar-refractivity contribution in [1.29, 1.82) is 0 Å². The topological polar surface area (TPSA) is 89.1 Å². The highest BCUT2D eigenvalue weighted by Gasteiger charge is 2.28. The standard InChI is InChI=1S/C25H23ClN4O3/c1-32-13-14-9-10-18-22(28-14)15(11-12-27-18)23-24(21-17(29-23)6-4-8-20(21)31)30-19-7-3-5-16(26)25(19)33-2/h3,5,7,9-12,29-30H,4,6,8,13H2,1-2H3. The number of benzene rings is 1. The Balaban J connectivity index is 1.74. The van der Waals surface area contributed by atoms with E-state index in [9.17, 15) is 4.79 Å². The van der Waals surface area contributed by atoms with Crippen LogP contribution in [0.25, 0.3) is 22.3 Å². The van der Waals surface area contributed by atoms with Crippen molar-refractivity contribution in [2.75, 3.05) is 19.5 Å². The maximum absolute atomic E-state index is 13.0. The third-order valence-corrected chi connectivity index (χ3v) is 6.12. The molecule has 0 atom stereocenters. The number of methoxy groups -OCH3 is 2. The van der Waals surface area contributed by atoms with Gasteiger partial charge < -0.3 is 19.8 Å². The third kappa shape index (κ3) is 3.83. The molecule has 0 saturated carbocycles. The molecule has 1 aromatic carbocycles. The maximum Gasteiger partial charge on any atom is 0.166 e. The molecule has 3 heterocycles. The van der Waals surface area contributed by atoms with Crippen LogP contribution in [0.2, 0.25) is 5.02 Å². The van der Waals surface area contributed by atoms with Gasteiger partial charge in [0.05, 0.1) is 58.1 Å². The van der Waals surface area contributed by atoms with Crippen molar-refractivity contribution < 1.29 is 14.3 Å². The van der Waals surface area contributed by atoms with Gasteiger partial charge in [-0.2, -0.15) is 0 Å². The monoisotopic (exact) mass is 462 g/mol. The van der Waals surface area contributed by atoms with E-state index >= 15 is 0 Å². The van der Waals surface area contributed by atoms with Crippen LogP contribution in [0.1, 0.15) is 34.6 Å². The Kier molecular flexibility index (Phi) is 5.74. The number of fused-ring (bicyclic) bond motifs is 2. The summed E-state index contributed by atoms with van der Waals surface area (Å²) in [6.07, 6.45) is 3.88. The first-order valence-electron chi connectivity index (χ1n) is 10.7. The molecule has 7 nitrogen and oxygen atoms in total. The number of anilines is 2. The van der Waals surface area contributed by atoms with Gasteiger partial charge in [-0.3, -0.25) is 9.78 Å². The fraction of sp³-hybridized carbons (Fsp3) is 0.240. The highest BCUT2D eigenvalue weighted by Crippen LogP contribution is 2.43. The number of hydrogen-bond acceptors (Lipinski definition) is 6. The maximum atomic E-state index is 13.0. The molecular formula is C25H23ClN4O3. The number of pyridine rings is 2. The first-order chi connectivity index (χ1) is 16.1. The lowest BCUT2D eigenvalue weighted by atomic mass is 9.94. The summed E-state index contributed by atoms with van der Waals surface area (Å²) < 4.78 is 10.8. The zero-order valence-electron chi connectivity index (χ0n) is 18.4. The van der Waals surface area contributed by atoms with Crippen molar-refractivity contribution in [2.24, 2.45) is 0 Å². The molecule has 0 spiro atoms. The number of ether oxygens (including phenoxy) is 2. The average molecular weight is 463 g/mol. The fourth-order valence-corrected chi connectivity index (χ4v) is 4.62. The molecule has 8 heteroatoms. The predicted octanol–water partition coefficient (Wildman–Crippen LogP) is 5.70. The van der Waals surface area contributed by atoms with E-state index in [0.717, 1.165) is 46.5 Å². The summed E-state index contributed by atoms with van der Waals surface area (Å²) >= 11 is 6.35. The van der Waals surface area contributed by atoms with Gasteiger partial charge >= 0.3 is 0 Å². The Morgan fingerprint density at radius 1 is 1.15 bits per heavy atom. The van der Waals surface area contributed by atoms with Gasteiger partial charge in [-0.15, -0.1) is 0 Å². The number of aromatic amines is 1. The number of nitrogens with one attached hydrogen (secondary N) is 2. The molecule has 0 radical (unpaired) electrons. The first-order valence-corrected chi connectivity index (χ1v) is 11.1. The van der Waals surface area contributed by atoms with Crippen LogP contribution in [0.15, 0.2) is 42.6 Å². The lowest BCUT2D eigenvalue weighted by Crippen LogP contribution is -2.11. The van der Waals surface area contributed by atoms with Crippen LogP contribution < -0.4 is 10.1 Å². The van der Waals surface area contributed by atoms with Crippen molar-refractivity contribution in [3.05, 3.63) is 64.6 Å². The number of rotatable bonds is 6. The van der Waals surface area contributed by atoms with E-state index in [1.165, 1.54) is 0 Å². The van der Waals surface area contributed by atoms with Gasteiger partial charge in [0, 0.05) is 31.0 Å². The second kappa shape index (κ2) is 8.84. The van der Waals surface area contributed by atoms with E-state index in [4.69, 9.17) is 26.1 Å². The lowest BCUT2D eigenvalue weighted by Gasteiger charge is -2.16. The minimum Gasteiger partial charge on any atom is -0.493 e. The SMILES string of the molecule is COCc1ccc2nccc(-c3[nH]c4c(c3Nc3cccc(Cl)c3OC)C(=O)CCC4)c2n1. The second-order valence-electron chi connectivity index (χ2n) is 7.91. The summed E-state index contributed by atoms with van der Waals surface area (Å²) in [6, 6.07) is 11.2. The molecule has 1 aliphatic rings. The summed E-state index contributed by atoms with van der Waals surface area (Å²) in [5.74, 6) is 0.622. The average Bonchev–Trinajstić information content (AvgIpc) is 3.18. The van der Waals surface area contributed by atoms with Crippen LogP contribution in [-0.4, -0.2) is 35.0 Å². The van der Waals surface area contributed by atoms with Crippen LogP contribution in [0.4, 0.5) is 11.4 Å². The van der Waals surface area contributed by atoms with Gasteiger partial charge in [-0.25, -0.2) is 4.98 Å². The number of halogens is 1. The Morgan fingerprint density at radius 3 is 2.85 bits per heavy atom. The number of Topliss-reactive ketones (excluding diaryl/α,β-unsaturated/α-hetero) is 1. The summed E-state index contributed by atoms with van der Waals surface area (Å²) in [4.78, 5) is 25.8. The second-order valence-corrected chi connectivity index (χ2v) is 8.32. The van der Waals surface area contributed by atoms with Gasteiger partial charge in [-0.1, -0.05) is 17.7 Å². The van der Waals surface area contributed by atoms with E-state index < -0.39 is 0 Å². The first kappa shape index (κ1) is 21.4. The van der Waals surface area contributed by atoms with E-state index in [2.05, 4.69) is 15.3 Å². The Morgan fingerprint density at radius 2 is 2.03 bits per heavy atom. The molecule has 0 aliphatic heterocycles. The number of nitrogens with zero attached hydrogens (tertiary/aromatic N) is 2. The molecule has 0 bridgehead atoms. The van der Waals surface area contributed by atoms with E-state index in [-0.39, 0.29) is 5.78 Å². The molecule has 0 saturated heterocycles. The van der Waals surface area contributed by atoms with Gasteiger partial charge in [0.15, 0.2) is 11.5 Å². The number of aryl methyl sites for hydroxylation is 1. The van der Waals surface area contributed by atoms with Crippen molar-refractivity contribution >= 4 is 39.8 Å². The van der Waals surface area contributed by atoms with Crippen molar-refractivity contribution in [2.45, 2.75) is 25.9 Å². The van der Waals surface area contributed by atoms with Gasteiger partial charge in [-0.05, 0) is 43.2 Å². The molecule has 1 aliphatic carbocycles. The quantitative estimate of drug-likeness (QED) is 0.382. The number of hydrogen-bond donors (Lipinski definition) is 2. The number of aromatic nitrogens is 3. The molecule has 33 heavy (non-hydrogen) atoms. The number of para-hydroxylation sites is 1. The van der Waals surface area contributed by atoms with Crippen molar-refractivity contribution in [1.82, 2.24) is 15.0 Å². The van der Waals surface area contributed by atoms with E-state index in [1.807, 2.05) is 30.3 Å². The molecule has 3 aromatic heterocycles. The van der Waals surface area contributed by atoms with Crippen molar-refractivity contribution in [3.63, 3.8) is 0 Å². The van der Waals surface area contributed by atoms with Crippen LogP contribution in [0.3, 0.4) is 0 Å². The number of ketones is 1. The van der Waals surface area contributed by atoms with Gasteiger partial charge in [0.25, 0.3) is 0 Å². The minimum absolute atomic E-state index is 0.105. The smallest absolute Gasteiger partial charge is 0.166 e. The predicted molar refractivity (Wildman–Crippen MR) is 129 cm³/mol. The highest BCUT2D eigenvalue weighted by molar-refractivity contribution is 6.32. The van der Waals surface area contributed by atoms with Crippen LogP contribution in [-0.2, 0) is 17.8 Å². The normalized spacial score (nSPS) is 13.2. The fourth-order valence-electron chi connectivity index (χ4n) is 4.37. The Bertz CT molecular complexity index is 1370. The molecule has 4 aromatic rings. The number of carbonyl (C=O) groups excluding carboxylic acids is 1. The largest absolute Gasteiger partial charge is 0.493 e. The number of H-pyrrole nitrogens is 1. The Hall–Kier alpha value is -3.42. The zero-order valence-corrected chi connectivity index (χ0v) is 19.1. The summed E-state index contributed by atoms with van der Waals surface area (Å²) in [7, 11) is 3.21. The van der Waals surface area contributed by atoms with Crippen LogP contribution in [0, 0.1) is 0 Å². The van der Waals surface area contributed by atoms with Crippen LogP contribution >= 0.6 is 11.6 Å². The zero-order chi connectivity index (χ0) is 22.9. The third-order valence-electron chi connectivity index (χ3n) is 5.82. The molecule has 5 rings (SSSR count). The molecular weight excluding hydrogens is 440 g/mol. The summed E-state index contributed by atoms with van der Waals surface area (Å²) in [6.45, 7) is 0.398. The number of carbonyl (C=O) groups is 1. The van der Waals surface area contributed by atoms with E-state index in [1.54, 1.807) is 26.5 Å². The van der Waals surface area contributed by atoms with Crippen molar-refractivity contribution in [3.8, 4) is 17.0 Å². The summed E-state index contributed by atoms with van der Waals surface area (Å²) in [5, 5.41) is 3.93. The molecule has 0 amide bonds. The molecule has 168 valence electrons. The van der Waals surface area contributed by atoms with Crippen LogP contribution in [0.5, 0.6) is 5.75 Å². The Labute approximate surface area is 196 Å². The molecule has 2 N–H and O–H groups in total. The minimum atomic E-state index is 0.105. The lowest BCUT2D eigenvalue weighted by molar-refractivity contribution is 0.0973. The summed E-state index contributed by atoms with van der Waals surface area (Å²) in [5.41, 5.74) is 6.91. The highest BCUT2D eigenvalue weighted by atomic mass is 35.5. The molecule has 0 fully saturated rings. The van der Waals surface area contributed by atoms with E-state index in [0.29, 0.717) is 40.7 Å². The molecule has 0 unspecified atom stereocenters.